The van der Waals surface area contributed by atoms with E-state index in [1.165, 1.54) is 16.7 Å². The summed E-state index contributed by atoms with van der Waals surface area (Å²) in [5.41, 5.74) is 6.93. The summed E-state index contributed by atoms with van der Waals surface area (Å²) in [5, 5.41) is 5.20. The largest absolute Gasteiger partial charge is 0.476 e. The highest BCUT2D eigenvalue weighted by Gasteiger charge is 2.39. The van der Waals surface area contributed by atoms with Gasteiger partial charge < -0.3 is 9.64 Å². The second kappa shape index (κ2) is 9.33. The van der Waals surface area contributed by atoms with Crippen molar-refractivity contribution < 1.29 is 9.16 Å². The molecule has 3 aromatic rings. The number of morpholine rings is 1. The van der Waals surface area contributed by atoms with Crippen molar-refractivity contribution in [3.05, 3.63) is 58.4 Å². The summed E-state index contributed by atoms with van der Waals surface area (Å²) in [7, 11) is -0.960. The lowest BCUT2D eigenvalue weighted by molar-refractivity contribution is 0.122. The van der Waals surface area contributed by atoms with Gasteiger partial charge in [0.15, 0.2) is 5.65 Å². The fourth-order valence-electron chi connectivity index (χ4n) is 3.85. The van der Waals surface area contributed by atoms with Crippen LogP contribution in [0.1, 0.15) is 48.8 Å². The fourth-order valence-corrected chi connectivity index (χ4v) is 4.63. The molecular formula is C25H35N4O2Si+. The Hall–Kier alpha value is -2.22. The van der Waals surface area contributed by atoms with E-state index >= 15 is 0 Å². The van der Waals surface area contributed by atoms with Gasteiger partial charge >= 0.3 is 9.04 Å². The molecule has 0 amide bonds. The van der Waals surface area contributed by atoms with E-state index in [0.29, 0.717) is 6.61 Å². The Morgan fingerprint density at radius 1 is 1.09 bits per heavy atom. The highest BCUT2D eigenvalue weighted by molar-refractivity contribution is 6.53. The molecule has 32 heavy (non-hydrogen) atoms. The monoisotopic (exact) mass is 451 g/mol. The minimum absolute atomic E-state index is 0.179. The van der Waals surface area contributed by atoms with Gasteiger partial charge in [-0.2, -0.15) is 0 Å². The highest BCUT2D eigenvalue weighted by atomic mass is 28.3. The summed E-state index contributed by atoms with van der Waals surface area (Å²) >= 11 is 0. The average Bonchev–Trinajstić information content (AvgIpc) is 3.11. The molecular weight excluding hydrogens is 416 g/mol. The standard InChI is InChI=1S/C25H35N4O2Si/c1-18-8-7-9-20(19(18)2)16-22-21(17-31-32(6)25(3,4)5)26-23-10-11-24(27-29(22)23)28-12-14-30-15-13-28/h7-11H,12-17H2,1-6H3/q+1. The lowest BCUT2D eigenvalue weighted by Gasteiger charge is -2.27. The second-order valence-corrected chi connectivity index (χ2v) is 12.6. The van der Waals surface area contributed by atoms with Crippen molar-refractivity contribution in [3.63, 3.8) is 0 Å². The number of aromatic nitrogens is 3. The van der Waals surface area contributed by atoms with Crippen LogP contribution in [0.3, 0.4) is 0 Å². The van der Waals surface area contributed by atoms with Crippen molar-refractivity contribution in [2.75, 3.05) is 31.2 Å². The van der Waals surface area contributed by atoms with Crippen LogP contribution in [0.4, 0.5) is 5.82 Å². The number of aryl methyl sites for hydroxylation is 1. The number of ether oxygens (including phenoxy) is 1. The van der Waals surface area contributed by atoms with Crippen LogP contribution in [0.5, 0.6) is 0 Å². The Kier molecular flexibility index (Phi) is 6.69. The molecule has 0 N–H and O–H groups in total. The zero-order chi connectivity index (χ0) is 22.9. The van der Waals surface area contributed by atoms with Gasteiger partial charge in [0.25, 0.3) is 0 Å². The molecule has 0 radical (unpaired) electrons. The van der Waals surface area contributed by atoms with E-state index in [1.807, 2.05) is 4.52 Å². The number of rotatable bonds is 6. The van der Waals surface area contributed by atoms with E-state index in [2.05, 4.69) is 76.4 Å². The summed E-state index contributed by atoms with van der Waals surface area (Å²) in [6, 6.07) is 10.7. The predicted octanol–water partition coefficient (Wildman–Crippen LogP) is 4.71. The SMILES string of the molecule is Cc1cccc(Cc2c(CO[Si+](C)C(C)(C)C)nc3ccc(N4CCOCC4)nn23)c1C. The summed E-state index contributed by atoms with van der Waals surface area (Å²) < 4.78 is 13.9. The third-order valence-electron chi connectivity index (χ3n) is 6.53. The van der Waals surface area contributed by atoms with Crippen molar-refractivity contribution in [2.45, 2.75) is 59.2 Å². The van der Waals surface area contributed by atoms with Crippen LogP contribution < -0.4 is 4.90 Å². The zero-order valence-electron chi connectivity index (χ0n) is 20.2. The number of hydrogen-bond donors (Lipinski definition) is 0. The Bertz CT molecular complexity index is 1080. The van der Waals surface area contributed by atoms with Gasteiger partial charge in [-0.25, -0.2) is 13.9 Å². The van der Waals surface area contributed by atoms with Crippen LogP contribution >= 0.6 is 0 Å². The summed E-state index contributed by atoms with van der Waals surface area (Å²) in [5.74, 6) is 0.975. The molecule has 1 aromatic carbocycles. The van der Waals surface area contributed by atoms with Gasteiger partial charge in [-0.05, 0) is 63.4 Å². The number of fused-ring (bicyclic) bond motifs is 1. The molecule has 3 heterocycles. The van der Waals surface area contributed by atoms with E-state index in [-0.39, 0.29) is 5.04 Å². The third kappa shape index (κ3) is 4.90. The number of nitrogens with zero attached hydrogens (tertiary/aromatic N) is 4. The Morgan fingerprint density at radius 3 is 2.56 bits per heavy atom. The van der Waals surface area contributed by atoms with Gasteiger partial charge in [0.1, 0.15) is 17.5 Å². The third-order valence-corrected chi connectivity index (χ3v) is 9.22. The number of imidazole rings is 1. The maximum atomic E-state index is 6.37. The smallest absolute Gasteiger partial charge is 0.378 e. The molecule has 7 heteroatoms. The topological polar surface area (TPSA) is 51.9 Å². The maximum Gasteiger partial charge on any atom is 0.476 e. The minimum atomic E-state index is -0.960. The molecule has 0 spiro atoms. The molecule has 170 valence electrons. The van der Waals surface area contributed by atoms with E-state index in [1.54, 1.807) is 0 Å². The van der Waals surface area contributed by atoms with Gasteiger partial charge in [0.05, 0.1) is 31.1 Å². The molecule has 0 bridgehead atoms. The van der Waals surface area contributed by atoms with Crippen LogP contribution in [-0.2, 0) is 22.2 Å². The van der Waals surface area contributed by atoms with Crippen molar-refractivity contribution in [3.8, 4) is 0 Å². The Balaban J connectivity index is 1.73. The van der Waals surface area contributed by atoms with E-state index in [4.69, 9.17) is 19.2 Å². The van der Waals surface area contributed by atoms with Crippen molar-refractivity contribution in [2.24, 2.45) is 0 Å². The summed E-state index contributed by atoms with van der Waals surface area (Å²) in [6.07, 6.45) is 0.786. The van der Waals surface area contributed by atoms with E-state index < -0.39 is 9.04 Å². The van der Waals surface area contributed by atoms with Gasteiger partial charge in [-0.3, -0.25) is 0 Å². The molecule has 6 nitrogen and oxygen atoms in total. The van der Waals surface area contributed by atoms with Gasteiger partial charge in [-0.15, -0.1) is 5.10 Å². The Labute approximate surface area is 193 Å². The molecule has 0 aliphatic carbocycles. The summed E-state index contributed by atoms with van der Waals surface area (Å²) in [4.78, 5) is 7.24. The number of anilines is 1. The maximum absolute atomic E-state index is 6.37. The molecule has 4 rings (SSSR count). The predicted molar refractivity (Wildman–Crippen MR) is 131 cm³/mol. The number of benzene rings is 1. The van der Waals surface area contributed by atoms with Crippen LogP contribution in [0, 0.1) is 13.8 Å². The lowest BCUT2D eigenvalue weighted by atomic mass is 9.99. The molecule has 1 saturated heterocycles. The normalized spacial score (nSPS) is 14.9. The van der Waals surface area contributed by atoms with E-state index in [9.17, 15) is 0 Å². The molecule has 2 aromatic heterocycles. The van der Waals surface area contributed by atoms with Crippen molar-refractivity contribution >= 4 is 20.5 Å². The molecule has 1 aliphatic heterocycles. The molecule has 0 atom stereocenters. The molecule has 1 fully saturated rings. The van der Waals surface area contributed by atoms with Crippen LogP contribution in [0.25, 0.3) is 5.65 Å². The quantitative estimate of drug-likeness (QED) is 0.508. The van der Waals surface area contributed by atoms with Gasteiger partial charge in [0, 0.05) is 19.5 Å². The molecule has 1 aliphatic rings. The van der Waals surface area contributed by atoms with Crippen molar-refractivity contribution in [1.82, 2.24) is 14.6 Å². The van der Waals surface area contributed by atoms with Gasteiger partial charge in [-0.1, -0.05) is 18.2 Å². The summed E-state index contributed by atoms with van der Waals surface area (Å²) in [6.45, 7) is 17.1. The fraction of sp³-hybridized carbons (Fsp3) is 0.520. The molecule has 0 unspecified atom stereocenters. The van der Waals surface area contributed by atoms with Crippen LogP contribution in [-0.4, -0.2) is 49.9 Å². The average molecular weight is 452 g/mol. The number of hydrogen-bond acceptors (Lipinski definition) is 5. The molecule has 0 saturated carbocycles. The first kappa shape index (κ1) is 23.0. The van der Waals surface area contributed by atoms with Crippen LogP contribution in [0.15, 0.2) is 30.3 Å². The Morgan fingerprint density at radius 2 is 1.84 bits per heavy atom. The second-order valence-electron chi connectivity index (χ2n) is 9.70. The van der Waals surface area contributed by atoms with Crippen molar-refractivity contribution in [1.29, 1.82) is 0 Å². The van der Waals surface area contributed by atoms with Gasteiger partial charge in [0.2, 0.25) is 0 Å². The van der Waals surface area contributed by atoms with Crippen LogP contribution in [0.2, 0.25) is 11.6 Å². The van der Waals surface area contributed by atoms with E-state index in [0.717, 1.165) is 55.6 Å². The lowest BCUT2D eigenvalue weighted by Crippen LogP contribution is -2.37. The minimum Gasteiger partial charge on any atom is -0.378 e. The first-order chi connectivity index (χ1) is 15.2. The zero-order valence-corrected chi connectivity index (χ0v) is 21.2. The first-order valence-corrected chi connectivity index (χ1v) is 13.4. The highest BCUT2D eigenvalue weighted by Crippen LogP contribution is 2.29. The first-order valence-electron chi connectivity index (χ1n) is 11.5.